The first-order chi connectivity index (χ1) is 24.7. The van der Waals surface area contributed by atoms with Gasteiger partial charge >= 0.3 is 0 Å². The van der Waals surface area contributed by atoms with Crippen LogP contribution in [0.15, 0.2) is 11.6 Å². The van der Waals surface area contributed by atoms with E-state index in [9.17, 15) is 35.7 Å². The van der Waals surface area contributed by atoms with Crippen LogP contribution in [0, 0.1) is 46.3 Å². The molecule has 4 saturated heterocycles. The average molecular weight is 739 g/mol. The maximum atomic E-state index is 11.1. The summed E-state index contributed by atoms with van der Waals surface area (Å²) in [7, 11) is 0. The topological polar surface area (TPSA) is 197 Å². The van der Waals surface area contributed by atoms with E-state index >= 15 is 0 Å². The van der Waals surface area contributed by atoms with Gasteiger partial charge in [0.25, 0.3) is 0 Å². The van der Waals surface area contributed by atoms with Crippen LogP contribution in [0.2, 0.25) is 0 Å². The van der Waals surface area contributed by atoms with E-state index in [-0.39, 0.29) is 35.6 Å². The van der Waals surface area contributed by atoms with Crippen LogP contribution in [-0.4, -0.2) is 135 Å². The highest BCUT2D eigenvalue weighted by molar-refractivity contribution is 5.26. The minimum atomic E-state index is -1.62. The lowest BCUT2D eigenvalue weighted by Gasteiger charge is -2.58. The smallest absolute Gasteiger partial charge is 0.187 e. The molecule has 0 aromatic heterocycles. The second-order valence-electron chi connectivity index (χ2n) is 18.2. The van der Waals surface area contributed by atoms with E-state index in [1.807, 2.05) is 0 Å². The van der Waals surface area contributed by atoms with E-state index < -0.39 is 73.8 Å². The molecule has 0 bridgehead atoms. The summed E-state index contributed by atoms with van der Waals surface area (Å²) in [6.45, 7) is 9.02. The monoisotopic (exact) mass is 738 g/mol. The molecule has 13 heteroatoms. The molecule has 13 nitrogen and oxygen atoms in total. The van der Waals surface area contributed by atoms with E-state index in [2.05, 4.69) is 26.8 Å². The molecule has 4 heterocycles. The van der Waals surface area contributed by atoms with Crippen molar-refractivity contribution in [1.82, 2.24) is 0 Å². The van der Waals surface area contributed by atoms with Crippen molar-refractivity contribution in [2.75, 3.05) is 19.8 Å². The van der Waals surface area contributed by atoms with Crippen LogP contribution in [0.4, 0.5) is 0 Å². The molecule has 8 rings (SSSR count). The first-order valence-corrected chi connectivity index (χ1v) is 20.0. The van der Waals surface area contributed by atoms with Crippen molar-refractivity contribution in [3.8, 4) is 0 Å². The van der Waals surface area contributed by atoms with Crippen LogP contribution in [-0.2, 0) is 28.4 Å². The summed E-state index contributed by atoms with van der Waals surface area (Å²) < 4.78 is 37.5. The lowest BCUT2D eigenvalue weighted by atomic mass is 9.47. The molecule has 4 aliphatic heterocycles. The Balaban J connectivity index is 0.958. The quantitative estimate of drug-likeness (QED) is 0.193. The first kappa shape index (κ1) is 38.1. The predicted molar refractivity (Wildman–Crippen MR) is 183 cm³/mol. The average Bonchev–Trinajstić information content (AvgIpc) is 3.58. The van der Waals surface area contributed by atoms with Gasteiger partial charge in [0.15, 0.2) is 18.4 Å². The van der Waals surface area contributed by atoms with Gasteiger partial charge in [0.05, 0.1) is 31.5 Å². The minimum Gasteiger partial charge on any atom is -0.396 e. The summed E-state index contributed by atoms with van der Waals surface area (Å²) in [5.74, 6) is 2.17. The number of ether oxygens (including phenoxy) is 6. The van der Waals surface area contributed by atoms with E-state index in [1.54, 1.807) is 0 Å². The fourth-order valence-corrected chi connectivity index (χ4v) is 12.6. The molecule has 296 valence electrons. The van der Waals surface area contributed by atoms with Gasteiger partial charge in [0.1, 0.15) is 42.7 Å². The molecule has 0 radical (unpaired) electrons. The third-order valence-electron chi connectivity index (χ3n) is 15.7. The van der Waals surface area contributed by atoms with Gasteiger partial charge < -0.3 is 64.2 Å². The summed E-state index contributed by atoms with van der Waals surface area (Å²) >= 11 is 0. The van der Waals surface area contributed by atoms with E-state index in [0.29, 0.717) is 42.6 Å². The Morgan fingerprint density at radius 3 is 2.31 bits per heavy atom. The zero-order chi connectivity index (χ0) is 36.9. The first-order valence-electron chi connectivity index (χ1n) is 20.0. The molecular weight excluding hydrogens is 676 g/mol. The molecule has 3 saturated carbocycles. The molecule has 52 heavy (non-hydrogen) atoms. The van der Waals surface area contributed by atoms with Gasteiger partial charge in [0, 0.05) is 24.9 Å². The summed E-state index contributed by atoms with van der Waals surface area (Å²) in [6, 6.07) is 0. The molecule has 0 aromatic carbocycles. The van der Waals surface area contributed by atoms with Gasteiger partial charge in [-0.25, -0.2) is 0 Å². The summed E-state index contributed by atoms with van der Waals surface area (Å²) in [5, 5.41) is 72.6. The van der Waals surface area contributed by atoms with Crippen molar-refractivity contribution in [1.29, 1.82) is 0 Å². The highest BCUT2D eigenvalue weighted by atomic mass is 16.8. The highest BCUT2D eigenvalue weighted by Gasteiger charge is 2.69. The third kappa shape index (κ3) is 5.90. The minimum absolute atomic E-state index is 0.0289. The third-order valence-corrected chi connectivity index (χ3v) is 15.7. The Kier molecular flexibility index (Phi) is 10.3. The van der Waals surface area contributed by atoms with Crippen LogP contribution in [0.3, 0.4) is 0 Å². The lowest BCUT2D eigenvalue weighted by Crippen LogP contribution is -2.64. The van der Waals surface area contributed by atoms with Crippen LogP contribution in [0.5, 0.6) is 0 Å². The zero-order valence-corrected chi connectivity index (χ0v) is 31.0. The Morgan fingerprint density at radius 1 is 0.808 bits per heavy atom. The molecule has 0 amide bonds. The van der Waals surface area contributed by atoms with Gasteiger partial charge in [-0.3, -0.25) is 0 Å². The molecular formula is C39H62O13. The largest absolute Gasteiger partial charge is 0.396 e. The number of aliphatic hydroxyl groups excluding tert-OH is 7. The van der Waals surface area contributed by atoms with Gasteiger partial charge in [-0.05, 0) is 92.8 Å². The second-order valence-corrected chi connectivity index (χ2v) is 18.2. The normalized spacial score (nSPS) is 57.5. The van der Waals surface area contributed by atoms with Crippen molar-refractivity contribution in [3.05, 3.63) is 11.6 Å². The van der Waals surface area contributed by atoms with Crippen molar-refractivity contribution in [3.63, 3.8) is 0 Å². The number of hydrogen-bond donors (Lipinski definition) is 7. The van der Waals surface area contributed by atoms with Crippen LogP contribution < -0.4 is 0 Å². The van der Waals surface area contributed by atoms with Crippen LogP contribution in [0.1, 0.15) is 85.5 Å². The number of fused-ring (bicyclic) bond motifs is 7. The number of rotatable bonds is 6. The van der Waals surface area contributed by atoms with Crippen LogP contribution in [0.25, 0.3) is 0 Å². The summed E-state index contributed by atoms with van der Waals surface area (Å²) in [4.78, 5) is 0. The molecule has 0 unspecified atom stereocenters. The number of aliphatic hydroxyl groups is 7. The Bertz CT molecular complexity index is 1320. The molecule has 7 N–H and O–H groups in total. The fraction of sp³-hybridized carbons (Fsp3) is 0.949. The van der Waals surface area contributed by atoms with Gasteiger partial charge in [0.2, 0.25) is 0 Å². The molecule has 0 aromatic rings. The van der Waals surface area contributed by atoms with Crippen molar-refractivity contribution in [2.45, 2.75) is 165 Å². The maximum absolute atomic E-state index is 11.1. The number of hydrogen-bond acceptors (Lipinski definition) is 13. The summed E-state index contributed by atoms with van der Waals surface area (Å²) in [5.41, 5.74) is 1.60. The predicted octanol–water partition coefficient (Wildman–Crippen LogP) is 1.36. The maximum Gasteiger partial charge on any atom is 0.187 e. The lowest BCUT2D eigenvalue weighted by molar-refractivity contribution is -0.369. The summed E-state index contributed by atoms with van der Waals surface area (Å²) in [6.07, 6.45) is -2.45. The van der Waals surface area contributed by atoms with E-state index in [0.717, 1.165) is 38.5 Å². The van der Waals surface area contributed by atoms with Crippen molar-refractivity contribution < 1.29 is 64.2 Å². The van der Waals surface area contributed by atoms with E-state index in [1.165, 1.54) is 25.3 Å². The molecule has 8 aliphatic rings. The fourth-order valence-electron chi connectivity index (χ4n) is 12.6. The van der Waals surface area contributed by atoms with Gasteiger partial charge in [-0.15, -0.1) is 0 Å². The van der Waals surface area contributed by atoms with Crippen LogP contribution >= 0.6 is 0 Å². The Hall–Kier alpha value is -0.780. The van der Waals surface area contributed by atoms with Crippen molar-refractivity contribution in [2.24, 2.45) is 46.3 Å². The Morgan fingerprint density at radius 2 is 1.60 bits per heavy atom. The van der Waals surface area contributed by atoms with Gasteiger partial charge in [-0.1, -0.05) is 32.4 Å². The molecule has 21 atom stereocenters. The number of allylic oxidation sites excluding steroid dienone is 1. The second kappa shape index (κ2) is 14.0. The molecule has 1 spiro atoms. The van der Waals surface area contributed by atoms with E-state index in [4.69, 9.17) is 28.4 Å². The standard InChI is InChI=1S/C39H62O13/c1-18-28-26(52-39(18)12-7-20(15-40)17-47-39)14-25-23-6-5-21-13-22(8-10-37(21,3)24(23)9-11-38(25,28)4)49-36-34(32(45)30(43)27(16-41)50-36)51-35-33(46)31(44)29(42)19(2)48-35/h5,18-20,22-36,40-46H,6-17H2,1-4H3/t18-,19-,20-,22-,23+,24+,25-,26-,27+,28-,29-,30+,31+,32-,33+,34+,35-,36+,37-,38-,39+/m0/s1. The molecule has 4 aliphatic carbocycles. The van der Waals surface area contributed by atoms with Gasteiger partial charge in [-0.2, -0.15) is 0 Å². The SMILES string of the molecule is C[C@@H]1O[C@@H](O[C@H]2[C@H](O[C@H]3CC[C@@]4(C)C(=CC[C@@H]5[C@H]4CC[C@]4(C)[C@@H]6[C@H](C[C@@H]54)O[C@]4(CC[C@@H](CO)CO4)[C@H]6C)C3)O[C@H](CO)[C@@H](O)[C@@H]2O)[C@H](O)[C@H](O)[C@H]1O. The highest BCUT2D eigenvalue weighted by Crippen LogP contribution is 2.70. The van der Waals surface area contributed by atoms with Crippen molar-refractivity contribution >= 4 is 0 Å². The molecule has 7 fully saturated rings. The zero-order valence-electron chi connectivity index (χ0n) is 31.0. The Labute approximate surface area is 306 Å².